The first-order valence-electron chi connectivity index (χ1n) is 6.37. The van der Waals surface area contributed by atoms with E-state index in [1.807, 2.05) is 13.8 Å². The number of ether oxygens (including phenoxy) is 1. The van der Waals surface area contributed by atoms with E-state index in [4.69, 9.17) is 4.74 Å². The van der Waals surface area contributed by atoms with Crippen LogP contribution in [-0.2, 0) is 0 Å². The highest BCUT2D eigenvalue weighted by molar-refractivity contribution is 5.90. The van der Waals surface area contributed by atoms with E-state index in [0.29, 0.717) is 5.75 Å². The molecule has 0 heterocycles. The molecule has 6 heteroatoms. The van der Waals surface area contributed by atoms with Crippen molar-refractivity contribution < 1.29 is 19.0 Å². The number of carbonyl (C=O) groups is 1. The number of halogens is 1. The summed E-state index contributed by atoms with van der Waals surface area (Å²) in [7, 11) is 1.43. The third kappa shape index (κ3) is 4.38. The second kappa shape index (κ2) is 6.56. The zero-order chi connectivity index (χ0) is 15.3. The number of hydrogen-bond acceptors (Lipinski definition) is 3. The molecule has 0 saturated heterocycles. The third-order valence-electron chi connectivity index (χ3n) is 3.26. The van der Waals surface area contributed by atoms with Crippen LogP contribution in [-0.4, -0.2) is 30.4 Å². The van der Waals surface area contributed by atoms with E-state index in [1.54, 1.807) is 6.92 Å². The van der Waals surface area contributed by atoms with Crippen molar-refractivity contribution in [2.75, 3.05) is 19.0 Å². The molecule has 0 aliphatic rings. The van der Waals surface area contributed by atoms with Gasteiger partial charge in [0.25, 0.3) is 0 Å². The fourth-order valence-corrected chi connectivity index (χ4v) is 1.41. The van der Waals surface area contributed by atoms with Gasteiger partial charge in [0, 0.05) is 12.6 Å². The van der Waals surface area contributed by atoms with Gasteiger partial charge < -0.3 is 20.5 Å². The molecule has 0 aromatic heterocycles. The fourth-order valence-electron chi connectivity index (χ4n) is 1.41. The Labute approximate surface area is 118 Å². The maximum Gasteiger partial charge on any atom is 0.319 e. The second-order valence-electron chi connectivity index (χ2n) is 5.16. The van der Waals surface area contributed by atoms with Crippen molar-refractivity contribution >= 4 is 11.7 Å². The Kier molecular flexibility index (Phi) is 5.33. The molecule has 20 heavy (non-hydrogen) atoms. The van der Waals surface area contributed by atoms with E-state index in [0.717, 1.165) is 0 Å². The topological polar surface area (TPSA) is 70.6 Å². The number of anilines is 1. The highest BCUT2D eigenvalue weighted by atomic mass is 19.1. The molecule has 0 spiro atoms. The lowest BCUT2D eigenvalue weighted by atomic mass is 9.93. The molecular formula is C14H21FN2O3. The molecule has 3 N–H and O–H groups in total. The first-order chi connectivity index (χ1) is 9.26. The van der Waals surface area contributed by atoms with Crippen molar-refractivity contribution in [3.05, 3.63) is 24.0 Å². The monoisotopic (exact) mass is 284 g/mol. The Morgan fingerprint density at radius 1 is 1.50 bits per heavy atom. The summed E-state index contributed by atoms with van der Waals surface area (Å²) in [6.07, 6.45) is 0. The summed E-state index contributed by atoms with van der Waals surface area (Å²) in [6, 6.07) is 3.30. The molecule has 0 aliphatic carbocycles. The van der Waals surface area contributed by atoms with Gasteiger partial charge in [-0.05, 0) is 25.0 Å². The Morgan fingerprint density at radius 2 is 2.15 bits per heavy atom. The van der Waals surface area contributed by atoms with Crippen LogP contribution in [0.3, 0.4) is 0 Å². The van der Waals surface area contributed by atoms with Crippen molar-refractivity contribution in [2.45, 2.75) is 26.4 Å². The van der Waals surface area contributed by atoms with Crippen molar-refractivity contribution in [2.24, 2.45) is 5.92 Å². The minimum absolute atomic E-state index is 0.00786. The van der Waals surface area contributed by atoms with Gasteiger partial charge in [0.1, 0.15) is 11.6 Å². The number of nitrogens with one attached hydrogen (secondary N) is 2. The summed E-state index contributed by atoms with van der Waals surface area (Å²) in [6.45, 7) is 5.44. The van der Waals surface area contributed by atoms with Gasteiger partial charge in [-0.15, -0.1) is 0 Å². The predicted molar refractivity (Wildman–Crippen MR) is 75.4 cm³/mol. The first-order valence-corrected chi connectivity index (χ1v) is 6.37. The average molecular weight is 284 g/mol. The van der Waals surface area contributed by atoms with Crippen molar-refractivity contribution in [3.8, 4) is 5.75 Å². The summed E-state index contributed by atoms with van der Waals surface area (Å²) >= 11 is 0. The zero-order valence-corrected chi connectivity index (χ0v) is 12.2. The van der Waals surface area contributed by atoms with E-state index >= 15 is 0 Å². The molecule has 0 radical (unpaired) electrons. The van der Waals surface area contributed by atoms with E-state index in [-0.39, 0.29) is 18.2 Å². The van der Waals surface area contributed by atoms with Crippen LogP contribution in [0.25, 0.3) is 0 Å². The van der Waals surface area contributed by atoms with Gasteiger partial charge in [0.2, 0.25) is 0 Å². The lowest BCUT2D eigenvalue weighted by Crippen LogP contribution is -2.45. The molecule has 1 aromatic rings. The number of urea groups is 1. The Balaban J connectivity index is 2.65. The molecular weight excluding hydrogens is 263 g/mol. The average Bonchev–Trinajstić information content (AvgIpc) is 2.36. The standard InChI is InChI=1S/C14H21FN2O3/c1-9(2)14(3,19)8-16-13(18)17-11-7-10(15)5-6-12(11)20-4/h5-7,9,19H,8H2,1-4H3,(H2,16,17,18). The van der Waals surface area contributed by atoms with Crippen LogP contribution in [0.4, 0.5) is 14.9 Å². The molecule has 112 valence electrons. The molecule has 0 aliphatic heterocycles. The van der Waals surface area contributed by atoms with E-state index in [2.05, 4.69) is 10.6 Å². The Hall–Kier alpha value is -1.82. The van der Waals surface area contributed by atoms with Crippen LogP contribution in [0.15, 0.2) is 18.2 Å². The highest BCUT2D eigenvalue weighted by Crippen LogP contribution is 2.24. The summed E-state index contributed by atoms with van der Waals surface area (Å²) in [5.41, 5.74) is -0.780. The van der Waals surface area contributed by atoms with Gasteiger partial charge in [-0.3, -0.25) is 0 Å². The first kappa shape index (κ1) is 16.2. The van der Waals surface area contributed by atoms with Gasteiger partial charge in [-0.2, -0.15) is 0 Å². The smallest absolute Gasteiger partial charge is 0.319 e. The van der Waals surface area contributed by atoms with Crippen molar-refractivity contribution in [1.29, 1.82) is 0 Å². The van der Waals surface area contributed by atoms with Crippen LogP contribution < -0.4 is 15.4 Å². The minimum Gasteiger partial charge on any atom is -0.495 e. The number of amides is 2. The molecule has 0 fully saturated rings. The van der Waals surface area contributed by atoms with Crippen LogP contribution in [0, 0.1) is 11.7 Å². The number of rotatable bonds is 5. The van der Waals surface area contributed by atoms with Crippen molar-refractivity contribution in [1.82, 2.24) is 5.32 Å². The van der Waals surface area contributed by atoms with E-state index in [9.17, 15) is 14.3 Å². The third-order valence-corrected chi connectivity index (χ3v) is 3.26. The molecule has 1 atom stereocenters. The van der Waals surface area contributed by atoms with Gasteiger partial charge in [0.15, 0.2) is 0 Å². The molecule has 0 saturated carbocycles. The summed E-state index contributed by atoms with van der Waals surface area (Å²) < 4.78 is 18.2. The van der Waals surface area contributed by atoms with Crippen LogP contribution >= 0.6 is 0 Å². The highest BCUT2D eigenvalue weighted by Gasteiger charge is 2.25. The number of methoxy groups -OCH3 is 1. The van der Waals surface area contributed by atoms with Gasteiger partial charge >= 0.3 is 6.03 Å². The quantitative estimate of drug-likeness (QED) is 0.777. The van der Waals surface area contributed by atoms with E-state index in [1.165, 1.54) is 25.3 Å². The lowest BCUT2D eigenvalue weighted by molar-refractivity contribution is 0.0170. The lowest BCUT2D eigenvalue weighted by Gasteiger charge is -2.27. The van der Waals surface area contributed by atoms with Gasteiger partial charge in [-0.25, -0.2) is 9.18 Å². The number of carbonyl (C=O) groups excluding carboxylic acids is 1. The number of hydrogen-bond donors (Lipinski definition) is 3. The zero-order valence-electron chi connectivity index (χ0n) is 12.2. The van der Waals surface area contributed by atoms with E-state index < -0.39 is 17.4 Å². The van der Waals surface area contributed by atoms with Crippen LogP contribution in [0.5, 0.6) is 5.75 Å². The molecule has 1 unspecified atom stereocenters. The van der Waals surface area contributed by atoms with Crippen LogP contribution in [0.1, 0.15) is 20.8 Å². The Bertz CT molecular complexity index is 475. The largest absolute Gasteiger partial charge is 0.495 e. The summed E-state index contributed by atoms with van der Waals surface area (Å²) in [4.78, 5) is 11.7. The predicted octanol–water partition coefficient (Wildman–Crippen LogP) is 2.36. The Morgan fingerprint density at radius 3 is 2.70 bits per heavy atom. The number of benzene rings is 1. The fraction of sp³-hybridized carbons (Fsp3) is 0.500. The summed E-state index contributed by atoms with van der Waals surface area (Å²) in [5, 5.41) is 15.1. The van der Waals surface area contributed by atoms with Gasteiger partial charge in [-0.1, -0.05) is 13.8 Å². The molecule has 0 bridgehead atoms. The molecule has 1 rings (SSSR count). The molecule has 5 nitrogen and oxygen atoms in total. The maximum absolute atomic E-state index is 13.1. The van der Waals surface area contributed by atoms with Gasteiger partial charge in [0.05, 0.1) is 18.4 Å². The minimum atomic E-state index is -1.01. The molecule has 2 amide bonds. The number of aliphatic hydroxyl groups is 1. The summed E-state index contributed by atoms with van der Waals surface area (Å²) in [5.74, 6) is -0.126. The normalized spacial score (nSPS) is 13.8. The maximum atomic E-state index is 13.1. The van der Waals surface area contributed by atoms with Crippen LogP contribution in [0.2, 0.25) is 0 Å². The second-order valence-corrected chi connectivity index (χ2v) is 5.16. The molecule has 1 aromatic carbocycles. The SMILES string of the molecule is COc1ccc(F)cc1NC(=O)NCC(C)(O)C(C)C. The van der Waals surface area contributed by atoms with Crippen molar-refractivity contribution in [3.63, 3.8) is 0 Å².